The number of phenols is 1. The molecule has 1 aromatic carbocycles. The molecular weight excluding hydrogens is 204 g/mol. The van der Waals surface area contributed by atoms with Crippen LogP contribution in [0.5, 0.6) is 5.75 Å². The van der Waals surface area contributed by atoms with Crippen LogP contribution in [0, 0.1) is 0 Å². The average molecular weight is 221 g/mol. The number of hydrogen-bond acceptors (Lipinski definition) is 2. The quantitative estimate of drug-likeness (QED) is 0.680. The van der Waals surface area contributed by atoms with E-state index in [2.05, 4.69) is 20.8 Å². The van der Waals surface area contributed by atoms with Crippen molar-refractivity contribution < 1.29 is 15.4 Å². The van der Waals surface area contributed by atoms with Gasteiger partial charge in [-0.25, -0.2) is 0 Å². The number of carbonyl (C=O) groups excluding carboxylic acids is 1. The van der Waals surface area contributed by atoms with Crippen LogP contribution in [-0.2, 0) is 15.7 Å². The molecular formula is C11H16MgO3. The van der Waals surface area contributed by atoms with Gasteiger partial charge in [0.2, 0.25) is 0 Å². The Bertz CT molecular complexity index is 252. The van der Waals surface area contributed by atoms with Gasteiger partial charge < -0.3 is 15.4 Å². The summed E-state index contributed by atoms with van der Waals surface area (Å²) in [7, 11) is 0. The minimum Gasteiger partial charge on any atom is -2.00 e. The second kappa shape index (κ2) is 8.70. The summed E-state index contributed by atoms with van der Waals surface area (Å²) in [6, 6.07) is 7.35. The average Bonchev–Trinajstić information content (AvgIpc) is 2.07. The van der Waals surface area contributed by atoms with Crippen LogP contribution in [-0.4, -0.2) is 34.9 Å². The first-order valence-electron chi connectivity index (χ1n) is 4.08. The van der Waals surface area contributed by atoms with Gasteiger partial charge >= 0.3 is 23.1 Å². The maximum absolute atomic E-state index is 9.02. The van der Waals surface area contributed by atoms with E-state index >= 15 is 0 Å². The fraction of sp³-hybridized carbons (Fsp3) is 0.364. The molecule has 80 valence electrons. The standard InChI is InChI=1S/C10H14O.CH2O.Mg.O/c1-10(2,3)8-4-6-9(11)7-5-8;1-2;;/h4-7,11H,1-3H3;1H2;;/q;;+2;-2. The van der Waals surface area contributed by atoms with E-state index in [1.165, 1.54) is 5.56 Å². The molecule has 0 aliphatic carbocycles. The predicted molar refractivity (Wildman–Crippen MR) is 60.4 cm³/mol. The first kappa shape index (κ1) is 19.9. The van der Waals surface area contributed by atoms with Crippen molar-refractivity contribution in [1.82, 2.24) is 0 Å². The van der Waals surface area contributed by atoms with Gasteiger partial charge in [-0.3, -0.25) is 0 Å². The molecule has 1 aromatic rings. The second-order valence-corrected chi connectivity index (χ2v) is 3.80. The maximum atomic E-state index is 9.02. The molecule has 0 aromatic heterocycles. The number of carbonyl (C=O) groups is 1. The molecule has 0 atom stereocenters. The molecule has 1 N–H and O–H groups in total. The van der Waals surface area contributed by atoms with Crippen molar-refractivity contribution in [1.29, 1.82) is 0 Å². The molecule has 0 amide bonds. The van der Waals surface area contributed by atoms with Crippen LogP contribution in [0.25, 0.3) is 0 Å². The van der Waals surface area contributed by atoms with Gasteiger partial charge in [-0.2, -0.15) is 0 Å². The Kier molecular flexibility index (Phi) is 11.6. The summed E-state index contributed by atoms with van der Waals surface area (Å²) in [6.45, 7) is 8.46. The van der Waals surface area contributed by atoms with Gasteiger partial charge in [0, 0.05) is 0 Å². The van der Waals surface area contributed by atoms with Gasteiger partial charge in [0.15, 0.2) is 0 Å². The Morgan fingerprint density at radius 1 is 1.07 bits per heavy atom. The van der Waals surface area contributed by atoms with E-state index < -0.39 is 0 Å². The number of benzene rings is 1. The van der Waals surface area contributed by atoms with Crippen LogP contribution in [0.3, 0.4) is 0 Å². The Balaban J connectivity index is -0.000000339. The van der Waals surface area contributed by atoms with Gasteiger partial charge in [0.25, 0.3) is 0 Å². The van der Waals surface area contributed by atoms with Crippen LogP contribution in [0.15, 0.2) is 24.3 Å². The zero-order valence-electron chi connectivity index (χ0n) is 9.49. The van der Waals surface area contributed by atoms with Crippen LogP contribution in [0.2, 0.25) is 0 Å². The van der Waals surface area contributed by atoms with E-state index in [-0.39, 0.29) is 33.9 Å². The SMILES string of the molecule is C=O.CC(C)(C)c1ccc(O)cc1.[Mg+2].[O-2]. The van der Waals surface area contributed by atoms with Gasteiger partial charge in [0.1, 0.15) is 12.5 Å². The maximum Gasteiger partial charge on any atom is 2.00 e. The van der Waals surface area contributed by atoms with Crippen LogP contribution < -0.4 is 0 Å². The van der Waals surface area contributed by atoms with E-state index in [1.807, 2.05) is 18.9 Å². The molecule has 15 heavy (non-hydrogen) atoms. The molecule has 0 aliphatic heterocycles. The molecule has 0 radical (unpaired) electrons. The first-order chi connectivity index (χ1) is 6.00. The minimum absolute atomic E-state index is 0. The van der Waals surface area contributed by atoms with Crippen molar-refractivity contribution in [3.8, 4) is 5.75 Å². The zero-order chi connectivity index (χ0) is 10.5. The number of aromatic hydroxyl groups is 1. The fourth-order valence-corrected chi connectivity index (χ4v) is 0.961. The smallest absolute Gasteiger partial charge is 2.00 e. The summed E-state index contributed by atoms with van der Waals surface area (Å²) in [6.07, 6.45) is 0. The zero-order valence-corrected chi connectivity index (χ0v) is 10.9. The monoisotopic (exact) mass is 220 g/mol. The summed E-state index contributed by atoms with van der Waals surface area (Å²) < 4.78 is 0. The van der Waals surface area contributed by atoms with Gasteiger partial charge in [0.05, 0.1) is 0 Å². The Labute approximate surface area is 107 Å². The Morgan fingerprint density at radius 3 is 1.67 bits per heavy atom. The van der Waals surface area contributed by atoms with E-state index in [4.69, 9.17) is 9.90 Å². The third kappa shape index (κ3) is 7.36. The van der Waals surface area contributed by atoms with Crippen molar-refractivity contribution in [3.05, 3.63) is 29.8 Å². The van der Waals surface area contributed by atoms with E-state index in [0.717, 1.165) is 0 Å². The number of rotatable bonds is 0. The Morgan fingerprint density at radius 2 is 1.40 bits per heavy atom. The summed E-state index contributed by atoms with van der Waals surface area (Å²) >= 11 is 0. The molecule has 0 saturated carbocycles. The van der Waals surface area contributed by atoms with Gasteiger partial charge in [-0.1, -0.05) is 32.9 Å². The molecule has 4 heteroatoms. The van der Waals surface area contributed by atoms with Gasteiger partial charge in [-0.15, -0.1) is 0 Å². The second-order valence-electron chi connectivity index (χ2n) is 3.80. The van der Waals surface area contributed by atoms with Crippen LogP contribution in [0.4, 0.5) is 0 Å². The summed E-state index contributed by atoms with van der Waals surface area (Å²) in [5.74, 6) is 0.331. The van der Waals surface area contributed by atoms with E-state index in [0.29, 0.717) is 5.75 Å². The topological polar surface area (TPSA) is 65.8 Å². The third-order valence-corrected chi connectivity index (χ3v) is 1.73. The molecule has 1 rings (SSSR count). The molecule has 0 spiro atoms. The predicted octanol–water partition coefficient (Wildman–Crippen LogP) is 2.01. The van der Waals surface area contributed by atoms with Crippen molar-refractivity contribution >= 4 is 29.8 Å². The number of phenolic OH excluding ortho intramolecular Hbond substituents is 1. The summed E-state index contributed by atoms with van der Waals surface area (Å²) in [5.41, 5.74) is 1.42. The fourth-order valence-electron chi connectivity index (χ4n) is 0.961. The molecule has 0 saturated heterocycles. The Hall–Kier alpha value is -0.584. The molecule has 0 fully saturated rings. The number of hydrogen-bond donors (Lipinski definition) is 1. The van der Waals surface area contributed by atoms with Crippen molar-refractivity contribution in [2.75, 3.05) is 0 Å². The normalized spacial score (nSPS) is 8.73. The largest absolute Gasteiger partial charge is 2.00 e. The van der Waals surface area contributed by atoms with Gasteiger partial charge in [-0.05, 0) is 23.1 Å². The summed E-state index contributed by atoms with van der Waals surface area (Å²) in [5, 5.41) is 9.02. The summed E-state index contributed by atoms with van der Waals surface area (Å²) in [4.78, 5) is 8.00. The van der Waals surface area contributed by atoms with E-state index in [1.54, 1.807) is 12.1 Å². The molecule has 3 nitrogen and oxygen atoms in total. The van der Waals surface area contributed by atoms with Crippen molar-refractivity contribution in [2.24, 2.45) is 0 Å². The molecule has 0 aliphatic rings. The minimum atomic E-state index is 0. The van der Waals surface area contributed by atoms with Crippen molar-refractivity contribution in [2.45, 2.75) is 26.2 Å². The van der Waals surface area contributed by atoms with Crippen molar-refractivity contribution in [3.63, 3.8) is 0 Å². The third-order valence-electron chi connectivity index (χ3n) is 1.73. The molecule has 0 bridgehead atoms. The molecule has 0 heterocycles. The van der Waals surface area contributed by atoms with Crippen LogP contribution in [0.1, 0.15) is 26.3 Å². The first-order valence-corrected chi connectivity index (χ1v) is 4.08. The molecule has 0 unspecified atom stereocenters. The van der Waals surface area contributed by atoms with Crippen LogP contribution >= 0.6 is 0 Å². The van der Waals surface area contributed by atoms with E-state index in [9.17, 15) is 0 Å².